The van der Waals surface area contributed by atoms with Gasteiger partial charge in [0.25, 0.3) is 5.56 Å². The number of carbonyl (C=O) groups excluding carboxylic acids is 2. The Morgan fingerprint density at radius 1 is 1.03 bits per heavy atom. The molecule has 0 saturated heterocycles. The summed E-state index contributed by atoms with van der Waals surface area (Å²) >= 11 is 0. The van der Waals surface area contributed by atoms with E-state index in [-0.39, 0.29) is 12.3 Å². The Morgan fingerprint density at radius 2 is 1.73 bits per heavy atom. The maximum Gasteiger partial charge on any atom is 0.293 e. The highest BCUT2D eigenvalue weighted by Gasteiger charge is 2.16. The number of aryl methyl sites for hydroxylation is 1. The second-order valence-corrected chi connectivity index (χ2v) is 6.88. The molecule has 1 amide bonds. The van der Waals surface area contributed by atoms with Crippen molar-refractivity contribution in [1.29, 1.82) is 0 Å². The quantitative estimate of drug-likeness (QED) is 0.519. The Balaban J connectivity index is 1.64. The molecule has 0 spiro atoms. The third kappa shape index (κ3) is 3.62. The van der Waals surface area contributed by atoms with Gasteiger partial charge >= 0.3 is 0 Å². The third-order valence-electron chi connectivity index (χ3n) is 4.74. The van der Waals surface area contributed by atoms with E-state index in [2.05, 4.69) is 15.5 Å². The van der Waals surface area contributed by atoms with Crippen LogP contribution in [0.3, 0.4) is 0 Å². The first-order chi connectivity index (χ1) is 14.4. The second kappa shape index (κ2) is 7.75. The van der Waals surface area contributed by atoms with Crippen LogP contribution in [0.4, 0.5) is 5.69 Å². The van der Waals surface area contributed by atoms with Crippen LogP contribution in [0.1, 0.15) is 23.0 Å². The Morgan fingerprint density at radius 3 is 2.40 bits per heavy atom. The van der Waals surface area contributed by atoms with E-state index in [0.29, 0.717) is 27.8 Å². The van der Waals surface area contributed by atoms with Gasteiger partial charge in [-0.3, -0.25) is 14.4 Å². The number of para-hydroxylation sites is 1. The number of ketones is 1. The van der Waals surface area contributed by atoms with Crippen molar-refractivity contribution in [1.82, 2.24) is 19.6 Å². The molecule has 8 heteroatoms. The molecule has 1 N–H and O–H groups in total. The number of carbonyl (C=O) groups is 2. The summed E-state index contributed by atoms with van der Waals surface area (Å²) in [4.78, 5) is 36.9. The lowest BCUT2D eigenvalue weighted by molar-refractivity contribution is -0.117. The summed E-state index contributed by atoms with van der Waals surface area (Å²) < 4.78 is 2.69. The van der Waals surface area contributed by atoms with Gasteiger partial charge in [0.1, 0.15) is 12.1 Å². The van der Waals surface area contributed by atoms with Crippen LogP contribution in [0.25, 0.3) is 16.6 Å². The SMILES string of the molecule is CC(=O)c1ccc(NC(=O)Cn2nc(C)c3cnn(-c4ccccc4)c3c2=O)cc1. The van der Waals surface area contributed by atoms with Gasteiger partial charge in [-0.05, 0) is 50.2 Å². The summed E-state index contributed by atoms with van der Waals surface area (Å²) in [5.41, 5.74) is 2.40. The number of aromatic nitrogens is 4. The van der Waals surface area contributed by atoms with Crippen molar-refractivity contribution in [2.75, 3.05) is 5.32 Å². The largest absolute Gasteiger partial charge is 0.324 e. The van der Waals surface area contributed by atoms with Crippen molar-refractivity contribution < 1.29 is 9.59 Å². The fourth-order valence-corrected chi connectivity index (χ4v) is 3.22. The van der Waals surface area contributed by atoms with E-state index in [9.17, 15) is 14.4 Å². The van der Waals surface area contributed by atoms with Gasteiger partial charge in [0.2, 0.25) is 5.91 Å². The lowest BCUT2D eigenvalue weighted by Crippen LogP contribution is -2.31. The smallest absolute Gasteiger partial charge is 0.293 e. The van der Waals surface area contributed by atoms with Crippen LogP contribution >= 0.6 is 0 Å². The van der Waals surface area contributed by atoms with Crippen LogP contribution < -0.4 is 10.9 Å². The monoisotopic (exact) mass is 401 g/mol. The first kappa shape index (κ1) is 19.3. The summed E-state index contributed by atoms with van der Waals surface area (Å²) in [7, 11) is 0. The number of amides is 1. The molecule has 2 heterocycles. The average molecular weight is 401 g/mol. The standard InChI is InChI=1S/C22H19N5O3/c1-14-19-12-23-27(18-6-4-3-5-7-18)21(19)22(30)26(25-14)13-20(29)24-17-10-8-16(9-11-17)15(2)28/h3-12H,13H2,1-2H3,(H,24,29). The van der Waals surface area contributed by atoms with E-state index in [1.54, 1.807) is 42.1 Å². The number of hydrogen-bond acceptors (Lipinski definition) is 5. The molecule has 0 bridgehead atoms. The molecular weight excluding hydrogens is 382 g/mol. The zero-order valence-corrected chi connectivity index (χ0v) is 16.5. The van der Waals surface area contributed by atoms with Crippen molar-refractivity contribution in [3.8, 4) is 5.69 Å². The van der Waals surface area contributed by atoms with Crippen LogP contribution in [0.5, 0.6) is 0 Å². The summed E-state index contributed by atoms with van der Waals surface area (Å²) in [6, 6.07) is 15.9. The van der Waals surface area contributed by atoms with Gasteiger partial charge in [-0.1, -0.05) is 18.2 Å². The minimum atomic E-state index is -0.404. The van der Waals surface area contributed by atoms with E-state index in [4.69, 9.17) is 0 Å². The molecule has 4 aromatic rings. The summed E-state index contributed by atoms with van der Waals surface area (Å²) in [5, 5.41) is 12.0. The topological polar surface area (TPSA) is 98.9 Å². The Kier molecular flexibility index (Phi) is 4.97. The van der Waals surface area contributed by atoms with E-state index >= 15 is 0 Å². The highest BCUT2D eigenvalue weighted by Crippen LogP contribution is 2.17. The van der Waals surface area contributed by atoms with Gasteiger partial charge in [-0.25, -0.2) is 9.36 Å². The molecule has 150 valence electrons. The van der Waals surface area contributed by atoms with E-state index in [1.807, 2.05) is 30.3 Å². The number of hydrogen-bond donors (Lipinski definition) is 1. The van der Waals surface area contributed by atoms with Gasteiger partial charge in [-0.15, -0.1) is 0 Å². The maximum atomic E-state index is 13.1. The average Bonchev–Trinajstić information content (AvgIpc) is 3.19. The highest BCUT2D eigenvalue weighted by molar-refractivity contribution is 5.95. The van der Waals surface area contributed by atoms with Crippen LogP contribution in [-0.2, 0) is 11.3 Å². The molecule has 0 aliphatic heterocycles. The van der Waals surface area contributed by atoms with Gasteiger partial charge in [0, 0.05) is 16.6 Å². The van der Waals surface area contributed by atoms with Crippen LogP contribution in [0, 0.1) is 6.92 Å². The van der Waals surface area contributed by atoms with Gasteiger partial charge in [0.15, 0.2) is 5.78 Å². The maximum absolute atomic E-state index is 13.1. The lowest BCUT2D eigenvalue weighted by Gasteiger charge is -2.09. The molecule has 2 aromatic carbocycles. The first-order valence-corrected chi connectivity index (χ1v) is 9.36. The minimum Gasteiger partial charge on any atom is -0.324 e. The van der Waals surface area contributed by atoms with Crippen molar-refractivity contribution in [3.05, 3.63) is 82.4 Å². The predicted octanol–water partition coefficient (Wildman–Crippen LogP) is 2.73. The molecule has 0 aliphatic carbocycles. The molecule has 30 heavy (non-hydrogen) atoms. The predicted molar refractivity (Wildman–Crippen MR) is 113 cm³/mol. The molecule has 2 aromatic heterocycles. The molecule has 0 atom stereocenters. The van der Waals surface area contributed by atoms with Crippen molar-refractivity contribution >= 4 is 28.3 Å². The zero-order valence-electron chi connectivity index (χ0n) is 16.5. The second-order valence-electron chi connectivity index (χ2n) is 6.88. The van der Waals surface area contributed by atoms with E-state index < -0.39 is 11.5 Å². The number of fused-ring (bicyclic) bond motifs is 1. The summed E-state index contributed by atoms with van der Waals surface area (Å²) in [6.07, 6.45) is 1.60. The number of benzene rings is 2. The Bertz CT molecular complexity index is 1300. The molecule has 0 saturated carbocycles. The van der Waals surface area contributed by atoms with Crippen molar-refractivity contribution in [3.63, 3.8) is 0 Å². The highest BCUT2D eigenvalue weighted by atomic mass is 16.2. The normalized spacial score (nSPS) is 10.9. The molecule has 4 rings (SSSR count). The van der Waals surface area contributed by atoms with Crippen LogP contribution in [0.2, 0.25) is 0 Å². The molecule has 8 nitrogen and oxygen atoms in total. The Hall–Kier alpha value is -4.07. The van der Waals surface area contributed by atoms with Crippen LogP contribution in [0.15, 0.2) is 65.6 Å². The van der Waals surface area contributed by atoms with Crippen LogP contribution in [-0.4, -0.2) is 31.3 Å². The molecular formula is C22H19N5O3. The zero-order chi connectivity index (χ0) is 21.3. The van der Waals surface area contributed by atoms with E-state index in [0.717, 1.165) is 10.4 Å². The number of nitrogens with zero attached hydrogens (tertiary/aromatic N) is 4. The van der Waals surface area contributed by atoms with Crippen molar-refractivity contribution in [2.45, 2.75) is 20.4 Å². The van der Waals surface area contributed by atoms with Gasteiger partial charge < -0.3 is 5.32 Å². The molecule has 0 radical (unpaired) electrons. The summed E-state index contributed by atoms with van der Waals surface area (Å²) in [5.74, 6) is -0.452. The number of nitrogens with one attached hydrogen (secondary N) is 1. The third-order valence-corrected chi connectivity index (χ3v) is 4.74. The first-order valence-electron chi connectivity index (χ1n) is 9.36. The summed E-state index contributed by atoms with van der Waals surface area (Å²) in [6.45, 7) is 3.00. The fourth-order valence-electron chi connectivity index (χ4n) is 3.22. The lowest BCUT2D eigenvalue weighted by atomic mass is 10.1. The minimum absolute atomic E-state index is 0.0533. The molecule has 0 unspecified atom stereocenters. The number of rotatable bonds is 5. The number of anilines is 1. The Labute approximate surface area is 171 Å². The van der Waals surface area contributed by atoms with Gasteiger partial charge in [-0.2, -0.15) is 10.2 Å². The van der Waals surface area contributed by atoms with Gasteiger partial charge in [0.05, 0.1) is 17.6 Å². The van der Waals surface area contributed by atoms with E-state index in [1.165, 1.54) is 6.92 Å². The molecule has 0 fully saturated rings. The number of Topliss-reactive ketones (excluding diaryl/α,β-unsaturated/α-hetero) is 1. The fraction of sp³-hybridized carbons (Fsp3) is 0.136. The van der Waals surface area contributed by atoms with Crippen molar-refractivity contribution in [2.24, 2.45) is 0 Å². The molecule has 0 aliphatic rings.